The summed E-state index contributed by atoms with van der Waals surface area (Å²) in [5.41, 5.74) is 5.79. The number of nitrogens with one attached hydrogen (secondary N) is 2. The molecule has 0 amide bonds. The number of para-hydroxylation sites is 1. The molecule has 2 fully saturated rings. The van der Waals surface area contributed by atoms with E-state index in [9.17, 15) is 0 Å². The van der Waals surface area contributed by atoms with Gasteiger partial charge in [0.2, 0.25) is 0 Å². The molecule has 2 aliphatic rings. The van der Waals surface area contributed by atoms with Crippen LogP contribution in [0.5, 0.6) is 0 Å². The third kappa shape index (κ3) is 3.96. The second-order valence-corrected chi connectivity index (χ2v) is 7.68. The molecule has 0 heterocycles. The number of hydrazine groups is 1. The standard InChI is InChI=1S/C21H25N3S/c25-21(22-20-14-17-11-12-18(20)13-17)23-24(19-9-5-2-6-10-19)15-16-7-3-1-4-8-16/h1-10,17-18,20H,11-15H2,(H2,22,23,25)/t17-,18-,20+/m0/s1. The van der Waals surface area contributed by atoms with Crippen molar-refractivity contribution in [2.45, 2.75) is 38.3 Å². The number of anilines is 1. The average Bonchev–Trinajstić information content (AvgIpc) is 3.26. The topological polar surface area (TPSA) is 27.3 Å². The summed E-state index contributed by atoms with van der Waals surface area (Å²) in [7, 11) is 0. The van der Waals surface area contributed by atoms with E-state index in [0.717, 1.165) is 29.2 Å². The molecule has 3 nitrogen and oxygen atoms in total. The highest BCUT2D eigenvalue weighted by atomic mass is 32.1. The minimum Gasteiger partial charge on any atom is -0.358 e. The molecule has 2 aliphatic carbocycles. The summed E-state index contributed by atoms with van der Waals surface area (Å²) < 4.78 is 0. The van der Waals surface area contributed by atoms with Crippen LogP contribution in [0, 0.1) is 11.8 Å². The van der Waals surface area contributed by atoms with Crippen LogP contribution in [0.15, 0.2) is 60.7 Å². The zero-order valence-electron chi connectivity index (χ0n) is 14.4. The Bertz CT molecular complexity index is 704. The zero-order valence-corrected chi connectivity index (χ0v) is 15.2. The zero-order chi connectivity index (χ0) is 17.1. The molecule has 0 saturated heterocycles. The lowest BCUT2D eigenvalue weighted by molar-refractivity contribution is 0.389. The highest BCUT2D eigenvalue weighted by Gasteiger charge is 2.39. The van der Waals surface area contributed by atoms with Gasteiger partial charge in [0.1, 0.15) is 0 Å². The summed E-state index contributed by atoms with van der Waals surface area (Å²) in [4.78, 5) is 0. The fraction of sp³-hybridized carbons (Fsp3) is 0.381. The van der Waals surface area contributed by atoms with Crippen molar-refractivity contribution in [3.63, 3.8) is 0 Å². The van der Waals surface area contributed by atoms with Crippen LogP contribution < -0.4 is 15.8 Å². The van der Waals surface area contributed by atoms with Crippen LogP contribution in [-0.2, 0) is 6.54 Å². The summed E-state index contributed by atoms with van der Waals surface area (Å²) in [5.74, 6) is 1.73. The molecule has 2 saturated carbocycles. The van der Waals surface area contributed by atoms with Crippen LogP contribution in [-0.4, -0.2) is 11.2 Å². The third-order valence-corrected chi connectivity index (χ3v) is 5.75. The molecule has 2 bridgehead atoms. The van der Waals surface area contributed by atoms with E-state index >= 15 is 0 Å². The molecule has 25 heavy (non-hydrogen) atoms. The number of hydrogen-bond donors (Lipinski definition) is 2. The van der Waals surface area contributed by atoms with Crippen molar-refractivity contribution in [1.29, 1.82) is 0 Å². The Morgan fingerprint density at radius 2 is 1.68 bits per heavy atom. The molecular weight excluding hydrogens is 326 g/mol. The van der Waals surface area contributed by atoms with Crippen molar-refractivity contribution < 1.29 is 0 Å². The maximum atomic E-state index is 5.63. The Kier molecular flexibility index (Phi) is 4.88. The number of thiocarbonyl (C=S) groups is 1. The smallest absolute Gasteiger partial charge is 0.185 e. The molecule has 2 aromatic carbocycles. The van der Waals surface area contributed by atoms with Crippen molar-refractivity contribution in [1.82, 2.24) is 10.7 Å². The van der Waals surface area contributed by atoms with Gasteiger partial charge in [0, 0.05) is 6.04 Å². The van der Waals surface area contributed by atoms with Gasteiger partial charge in [0.05, 0.1) is 12.2 Å². The summed E-state index contributed by atoms with van der Waals surface area (Å²) in [6, 6.07) is 21.4. The third-order valence-electron chi connectivity index (χ3n) is 5.54. The Balaban J connectivity index is 1.43. The Hall–Kier alpha value is -2.07. The summed E-state index contributed by atoms with van der Waals surface area (Å²) in [6.45, 7) is 0.767. The minimum atomic E-state index is 0.549. The van der Waals surface area contributed by atoms with Crippen molar-refractivity contribution in [3.05, 3.63) is 66.2 Å². The van der Waals surface area contributed by atoms with E-state index in [-0.39, 0.29) is 0 Å². The average molecular weight is 352 g/mol. The Morgan fingerprint density at radius 1 is 0.960 bits per heavy atom. The summed E-state index contributed by atoms with van der Waals surface area (Å²) in [6.07, 6.45) is 5.42. The van der Waals surface area contributed by atoms with Gasteiger partial charge in [-0.15, -0.1) is 0 Å². The number of rotatable bonds is 5. The predicted octanol–water partition coefficient (Wildman–Crippen LogP) is 4.26. The first kappa shape index (κ1) is 16.4. The van der Waals surface area contributed by atoms with Gasteiger partial charge in [0.15, 0.2) is 5.11 Å². The van der Waals surface area contributed by atoms with Gasteiger partial charge in [-0.25, -0.2) is 0 Å². The minimum absolute atomic E-state index is 0.549. The number of fused-ring (bicyclic) bond motifs is 2. The van der Waals surface area contributed by atoms with Gasteiger partial charge in [-0.05, 0) is 61.0 Å². The molecule has 2 N–H and O–H groups in total. The van der Waals surface area contributed by atoms with Crippen molar-refractivity contribution in [2.75, 3.05) is 5.01 Å². The van der Waals surface area contributed by atoms with E-state index in [0.29, 0.717) is 6.04 Å². The number of benzene rings is 2. The molecule has 0 spiro atoms. The van der Waals surface area contributed by atoms with Crippen LogP contribution in [0.4, 0.5) is 5.69 Å². The van der Waals surface area contributed by atoms with E-state index in [1.54, 1.807) is 0 Å². The summed E-state index contributed by atoms with van der Waals surface area (Å²) >= 11 is 5.63. The molecule has 0 radical (unpaired) electrons. The van der Waals surface area contributed by atoms with Crippen molar-refractivity contribution in [2.24, 2.45) is 11.8 Å². The molecule has 0 aromatic heterocycles. The molecule has 2 aromatic rings. The van der Waals surface area contributed by atoms with E-state index < -0.39 is 0 Å². The van der Waals surface area contributed by atoms with Crippen LogP contribution in [0.2, 0.25) is 0 Å². The fourth-order valence-corrected chi connectivity index (χ4v) is 4.58. The van der Waals surface area contributed by atoms with E-state index in [2.05, 4.69) is 64.3 Å². The first-order valence-corrected chi connectivity index (χ1v) is 9.62. The van der Waals surface area contributed by atoms with Crippen LogP contribution in [0.1, 0.15) is 31.2 Å². The molecule has 130 valence electrons. The molecule has 0 unspecified atom stereocenters. The predicted molar refractivity (Wildman–Crippen MR) is 107 cm³/mol. The van der Waals surface area contributed by atoms with Crippen LogP contribution in [0.3, 0.4) is 0 Å². The SMILES string of the molecule is S=C(N[C@@H]1C[C@H]2CC[C@H]1C2)NN(Cc1ccccc1)c1ccccc1. The van der Waals surface area contributed by atoms with E-state index in [1.807, 2.05) is 12.1 Å². The lowest BCUT2D eigenvalue weighted by Crippen LogP contribution is -2.51. The summed E-state index contributed by atoms with van der Waals surface area (Å²) in [5, 5.41) is 6.43. The second kappa shape index (κ2) is 7.44. The van der Waals surface area contributed by atoms with Gasteiger partial charge < -0.3 is 5.32 Å². The lowest BCUT2D eigenvalue weighted by atomic mass is 9.96. The normalized spacial score (nSPS) is 24.1. The second-order valence-electron chi connectivity index (χ2n) is 7.27. The highest BCUT2D eigenvalue weighted by Crippen LogP contribution is 2.44. The Morgan fingerprint density at radius 3 is 2.32 bits per heavy atom. The van der Waals surface area contributed by atoms with E-state index in [1.165, 1.54) is 31.2 Å². The van der Waals surface area contributed by atoms with Crippen molar-refractivity contribution >= 4 is 23.0 Å². The van der Waals surface area contributed by atoms with Gasteiger partial charge >= 0.3 is 0 Å². The van der Waals surface area contributed by atoms with Crippen LogP contribution >= 0.6 is 12.2 Å². The Labute approximate surface area is 155 Å². The molecule has 3 atom stereocenters. The number of hydrogen-bond acceptors (Lipinski definition) is 2. The molecule has 4 rings (SSSR count). The van der Waals surface area contributed by atoms with Gasteiger partial charge in [-0.2, -0.15) is 0 Å². The molecular formula is C21H25N3S. The maximum absolute atomic E-state index is 5.63. The van der Waals surface area contributed by atoms with Crippen LogP contribution in [0.25, 0.3) is 0 Å². The largest absolute Gasteiger partial charge is 0.358 e. The maximum Gasteiger partial charge on any atom is 0.185 e. The highest BCUT2D eigenvalue weighted by molar-refractivity contribution is 7.80. The van der Waals surface area contributed by atoms with Gasteiger partial charge in [-0.3, -0.25) is 10.4 Å². The monoisotopic (exact) mass is 351 g/mol. The van der Waals surface area contributed by atoms with Crippen molar-refractivity contribution in [3.8, 4) is 0 Å². The first-order chi connectivity index (χ1) is 12.3. The first-order valence-electron chi connectivity index (χ1n) is 9.21. The molecule has 4 heteroatoms. The number of nitrogens with zero attached hydrogens (tertiary/aromatic N) is 1. The lowest BCUT2D eigenvalue weighted by Gasteiger charge is -2.30. The quantitative estimate of drug-likeness (QED) is 0.622. The van der Waals surface area contributed by atoms with Gasteiger partial charge in [-0.1, -0.05) is 55.0 Å². The van der Waals surface area contributed by atoms with Gasteiger partial charge in [0.25, 0.3) is 0 Å². The fourth-order valence-electron chi connectivity index (χ4n) is 4.31. The molecule has 0 aliphatic heterocycles. The van der Waals surface area contributed by atoms with E-state index in [4.69, 9.17) is 12.2 Å².